The molecule has 0 aromatic heterocycles. The van der Waals surface area contributed by atoms with Crippen molar-refractivity contribution in [2.75, 3.05) is 44.9 Å². The lowest BCUT2D eigenvalue weighted by molar-refractivity contribution is -0.145. The molecule has 0 aliphatic carbocycles. The van der Waals surface area contributed by atoms with E-state index in [4.69, 9.17) is 56.2 Å². The summed E-state index contributed by atoms with van der Waals surface area (Å²) >= 11 is 0. The van der Waals surface area contributed by atoms with Crippen LogP contribution in [0.3, 0.4) is 0 Å². The molecule has 3 N–H and O–H groups in total. The summed E-state index contributed by atoms with van der Waals surface area (Å²) in [5.41, 5.74) is -5.38. The average molecular weight is 847 g/mol. The molecule has 0 spiro atoms. The van der Waals surface area contributed by atoms with Gasteiger partial charge in [-0.15, -0.1) is 0 Å². The first-order valence-electron chi connectivity index (χ1n) is 19.4. The van der Waals surface area contributed by atoms with Crippen LogP contribution in [0.25, 0.3) is 0 Å². The molecule has 8 bridgehead atoms. The average Bonchev–Trinajstić information content (AvgIpc) is 3.88. The molecular weight excluding hydrogens is 789 g/mol. The number of hydrogen-bond acceptors (Lipinski definition) is 15. The van der Waals surface area contributed by atoms with Crippen molar-refractivity contribution < 1.29 is 84.6 Å². The number of fused-ring (bicyclic) bond motifs is 8. The fraction of sp³-hybridized carbons (Fsp3) is 1.00. The van der Waals surface area contributed by atoms with E-state index in [1.54, 1.807) is 13.8 Å². The third-order valence-corrected chi connectivity index (χ3v) is 16.8. The number of ether oxygens (including phenoxy) is 9. The maximum Gasteiger partial charge on any atom is 0.331 e. The van der Waals surface area contributed by atoms with Gasteiger partial charge in [-0.1, -0.05) is 13.8 Å². The fourth-order valence-electron chi connectivity index (χ4n) is 10.6. The Bertz CT molecular complexity index is 1630. The van der Waals surface area contributed by atoms with Gasteiger partial charge in [0.1, 0.15) is 71.2 Å². The van der Waals surface area contributed by atoms with Crippen molar-refractivity contribution in [2.24, 2.45) is 5.92 Å². The predicted molar refractivity (Wildman–Crippen MR) is 190 cm³/mol. The molecule has 8 fully saturated rings. The van der Waals surface area contributed by atoms with Crippen molar-refractivity contribution in [3.05, 3.63) is 0 Å². The number of hydrogen-bond donors (Lipinski definition) is 3. The molecule has 19 atom stereocenters. The van der Waals surface area contributed by atoms with Crippen LogP contribution in [0, 0.1) is 5.92 Å². The first-order valence-corrected chi connectivity index (χ1v) is 24.6. The van der Waals surface area contributed by atoms with Crippen LogP contribution in [0.4, 0.5) is 0 Å². The summed E-state index contributed by atoms with van der Waals surface area (Å²) in [4.78, 5) is 34.4. The topological polar surface area (TPSA) is 223 Å². The van der Waals surface area contributed by atoms with Gasteiger partial charge in [-0.25, -0.2) is 0 Å². The van der Waals surface area contributed by atoms with Gasteiger partial charge in [-0.2, -0.15) is 0 Å². The Morgan fingerprint density at radius 2 is 0.818 bits per heavy atom. The van der Waals surface area contributed by atoms with Crippen molar-refractivity contribution >= 4 is 22.8 Å². The third-order valence-electron chi connectivity index (χ3n) is 12.3. The van der Waals surface area contributed by atoms with E-state index in [0.717, 1.165) is 0 Å². The van der Waals surface area contributed by atoms with Crippen LogP contribution in [0.1, 0.15) is 61.8 Å². The zero-order chi connectivity index (χ0) is 39.7. The van der Waals surface area contributed by atoms with E-state index in [0.29, 0.717) is 6.42 Å². The van der Waals surface area contributed by atoms with Gasteiger partial charge in [0.05, 0.1) is 75.4 Å². The molecule has 8 saturated heterocycles. The van der Waals surface area contributed by atoms with E-state index in [2.05, 4.69) is 0 Å². The van der Waals surface area contributed by atoms with Crippen molar-refractivity contribution in [2.45, 2.75) is 164 Å². The summed E-state index contributed by atoms with van der Waals surface area (Å²) in [6.07, 6.45) is -9.88. The molecule has 8 aliphatic heterocycles. The molecule has 8 heterocycles. The van der Waals surface area contributed by atoms with Crippen LogP contribution >= 0.6 is 22.8 Å². The van der Waals surface area contributed by atoms with Crippen molar-refractivity contribution in [3.63, 3.8) is 0 Å². The molecule has 0 aromatic rings. The van der Waals surface area contributed by atoms with Gasteiger partial charge in [-0.3, -0.25) is 27.3 Å². The quantitative estimate of drug-likeness (QED) is 0.190. The molecule has 0 amide bonds. The number of rotatable bonds is 16. The lowest BCUT2D eigenvalue weighted by Crippen LogP contribution is -2.49. The van der Waals surface area contributed by atoms with Gasteiger partial charge in [0.25, 0.3) is 0 Å². The summed E-state index contributed by atoms with van der Waals surface area (Å²) in [7, 11) is -13.8. The normalized spacial score (nSPS) is 51.4. The van der Waals surface area contributed by atoms with Crippen molar-refractivity contribution in [1.82, 2.24) is 0 Å². The Hall–Kier alpha value is 0.0900. The minimum atomic E-state index is -4.73. The molecule has 8 aliphatic rings. The largest absolute Gasteiger partial charge is 0.370 e. The monoisotopic (exact) mass is 846 g/mol. The van der Waals surface area contributed by atoms with E-state index in [1.807, 2.05) is 41.5 Å². The van der Waals surface area contributed by atoms with Crippen LogP contribution in [-0.4, -0.2) is 161 Å². The van der Waals surface area contributed by atoms with Crippen LogP contribution in [0.5, 0.6) is 0 Å². The molecular formula is C34H57O18P3. The molecule has 55 heavy (non-hydrogen) atoms. The Kier molecular flexibility index (Phi) is 10.7. The smallest absolute Gasteiger partial charge is 0.331 e. The summed E-state index contributed by atoms with van der Waals surface area (Å²) < 4.78 is 115. The third kappa shape index (κ3) is 7.27. The molecule has 0 aromatic carbocycles. The Balaban J connectivity index is 0.978. The van der Waals surface area contributed by atoms with E-state index >= 15 is 0 Å². The zero-order valence-electron chi connectivity index (χ0n) is 32.5. The SMILES string of the molecule is CC(C)C[C@@]12CO[C@@H](C1OP(=O)(O)C[C@@]13CO[C@@H](C1OP(=O)(O)C[C@@]14CO[C@@H](C1OP(=O)(O)C[C@]15CO[C@@H](C1OC(C)C)[C@H](C)O5)[C@H](C)O4)[C@H](C)O3)[C@H](C)O2. The van der Waals surface area contributed by atoms with E-state index < -0.39 is 125 Å². The highest BCUT2D eigenvalue weighted by atomic mass is 31.2. The van der Waals surface area contributed by atoms with Crippen LogP contribution < -0.4 is 0 Å². The van der Waals surface area contributed by atoms with Crippen LogP contribution in [-0.2, 0) is 69.9 Å². The minimum absolute atomic E-state index is 0.0367. The Morgan fingerprint density at radius 3 is 1.15 bits per heavy atom. The predicted octanol–water partition coefficient (Wildman–Crippen LogP) is 2.76. The minimum Gasteiger partial charge on any atom is -0.370 e. The second-order valence-electron chi connectivity index (χ2n) is 17.8. The molecule has 18 nitrogen and oxygen atoms in total. The summed E-state index contributed by atoms with van der Waals surface area (Å²) in [6.45, 7) is 14.7. The standard InChI is InChI=1S/C34H57O18P3/c1-17(2)9-31-10-41-24(20(6)46-31)28(31)50-54(37,38)15-33-12-43-26(22(8)48-33)30(33)52-55(39,40)16-34-13-44-25(21(7)49-34)29(34)51-53(35,36)14-32-11-42-23(19(5)47-32)27(32)45-18(3)4/h17-30H,9-16H2,1-8H3,(H,35,36)(H,37,38)(H,39,40)/t19-,20-,21-,22-,23+,24+,25+,26+,27?,28?,29?,30?,31+,32+,33-,34-/m0/s1. The Labute approximate surface area is 321 Å². The second-order valence-corrected chi connectivity index (χ2v) is 23.2. The molecule has 8 rings (SSSR count). The molecule has 316 valence electrons. The van der Waals surface area contributed by atoms with Gasteiger partial charge < -0.3 is 57.3 Å². The fourth-order valence-corrected chi connectivity index (χ4v) is 15.9. The van der Waals surface area contributed by atoms with Gasteiger partial charge >= 0.3 is 22.8 Å². The van der Waals surface area contributed by atoms with Crippen molar-refractivity contribution in [1.29, 1.82) is 0 Å². The van der Waals surface area contributed by atoms with Crippen LogP contribution in [0.2, 0.25) is 0 Å². The summed E-state index contributed by atoms with van der Waals surface area (Å²) in [6, 6.07) is 0. The molecule has 7 unspecified atom stereocenters. The highest BCUT2D eigenvalue weighted by molar-refractivity contribution is 7.53. The first kappa shape index (κ1) is 41.8. The highest BCUT2D eigenvalue weighted by Gasteiger charge is 2.70. The van der Waals surface area contributed by atoms with E-state index in [-0.39, 0.29) is 50.7 Å². The zero-order valence-corrected chi connectivity index (χ0v) is 35.2. The highest BCUT2D eigenvalue weighted by Crippen LogP contribution is 2.63. The van der Waals surface area contributed by atoms with Gasteiger partial charge in [0.15, 0.2) is 0 Å². The Morgan fingerprint density at radius 1 is 0.527 bits per heavy atom. The maximum atomic E-state index is 14.2. The van der Waals surface area contributed by atoms with E-state index in [1.165, 1.54) is 0 Å². The summed E-state index contributed by atoms with van der Waals surface area (Å²) in [5, 5.41) is 0. The van der Waals surface area contributed by atoms with Crippen molar-refractivity contribution in [3.8, 4) is 0 Å². The van der Waals surface area contributed by atoms with E-state index in [9.17, 15) is 28.4 Å². The first-order chi connectivity index (χ1) is 25.5. The van der Waals surface area contributed by atoms with Crippen LogP contribution in [0.15, 0.2) is 0 Å². The molecule has 21 heteroatoms. The van der Waals surface area contributed by atoms with Gasteiger partial charge in [0, 0.05) is 0 Å². The van der Waals surface area contributed by atoms with Gasteiger partial charge in [0.2, 0.25) is 0 Å². The molecule has 0 radical (unpaired) electrons. The second kappa shape index (κ2) is 14.1. The lowest BCUT2D eigenvalue weighted by atomic mass is 9.89. The maximum absolute atomic E-state index is 14.2. The summed E-state index contributed by atoms with van der Waals surface area (Å²) in [5.74, 6) is 0.197. The lowest BCUT2D eigenvalue weighted by Gasteiger charge is -2.36. The molecule has 0 saturated carbocycles. The van der Waals surface area contributed by atoms with Gasteiger partial charge in [-0.05, 0) is 53.9 Å².